The molecule has 2 aromatic rings. The van der Waals surface area contributed by atoms with Crippen molar-refractivity contribution in [2.75, 3.05) is 18.0 Å². The van der Waals surface area contributed by atoms with E-state index in [1.807, 2.05) is 24.5 Å². The first-order valence-electron chi connectivity index (χ1n) is 7.26. The second-order valence-corrected chi connectivity index (χ2v) is 4.77. The van der Waals surface area contributed by atoms with E-state index in [4.69, 9.17) is 4.42 Å². The highest BCUT2D eigenvalue weighted by atomic mass is 16.3. The number of rotatable bonds is 8. The Hall–Kier alpha value is -1.81. The fraction of sp³-hybridized carbons (Fsp3) is 0.438. The Labute approximate surface area is 120 Å². The van der Waals surface area contributed by atoms with Crippen LogP contribution in [0, 0.1) is 0 Å². The molecule has 20 heavy (non-hydrogen) atoms. The first-order chi connectivity index (χ1) is 9.85. The van der Waals surface area contributed by atoms with Gasteiger partial charge in [0.15, 0.2) is 0 Å². The molecule has 0 aliphatic heterocycles. The van der Waals surface area contributed by atoms with E-state index in [1.54, 1.807) is 6.26 Å². The highest BCUT2D eigenvalue weighted by Gasteiger charge is 2.11. The van der Waals surface area contributed by atoms with Gasteiger partial charge in [0.25, 0.3) is 0 Å². The summed E-state index contributed by atoms with van der Waals surface area (Å²) in [6.45, 7) is 7.93. The van der Waals surface area contributed by atoms with E-state index in [0.29, 0.717) is 0 Å². The largest absolute Gasteiger partial charge is 0.467 e. The lowest BCUT2D eigenvalue weighted by atomic mass is 10.2. The Balaban J connectivity index is 2.11. The third-order valence-corrected chi connectivity index (χ3v) is 3.27. The Bertz CT molecular complexity index is 496. The maximum absolute atomic E-state index is 5.45. The van der Waals surface area contributed by atoms with Crippen LogP contribution in [0.4, 0.5) is 5.69 Å². The summed E-state index contributed by atoms with van der Waals surface area (Å²) in [6, 6.07) is 6.02. The second kappa shape index (κ2) is 7.70. The van der Waals surface area contributed by atoms with E-state index in [0.717, 1.165) is 38.4 Å². The molecular weight excluding hydrogens is 250 g/mol. The molecule has 0 saturated carbocycles. The summed E-state index contributed by atoms with van der Waals surface area (Å²) >= 11 is 0. The minimum atomic E-state index is 0.786. The van der Waals surface area contributed by atoms with Crippen molar-refractivity contribution in [1.29, 1.82) is 0 Å². The van der Waals surface area contributed by atoms with E-state index >= 15 is 0 Å². The molecule has 0 unspecified atom stereocenters. The number of pyridine rings is 1. The number of nitrogens with zero attached hydrogens (tertiary/aromatic N) is 2. The van der Waals surface area contributed by atoms with Crippen molar-refractivity contribution in [1.82, 2.24) is 10.3 Å². The molecule has 0 bridgehead atoms. The molecule has 0 aliphatic carbocycles. The first kappa shape index (κ1) is 14.6. The summed E-state index contributed by atoms with van der Waals surface area (Å²) < 4.78 is 5.45. The van der Waals surface area contributed by atoms with Gasteiger partial charge < -0.3 is 14.6 Å². The lowest BCUT2D eigenvalue weighted by molar-refractivity contribution is 0.503. The molecule has 108 valence electrons. The molecule has 0 aliphatic rings. The van der Waals surface area contributed by atoms with Crippen LogP contribution < -0.4 is 10.2 Å². The Morgan fingerprint density at radius 3 is 2.90 bits per heavy atom. The topological polar surface area (TPSA) is 41.3 Å². The maximum atomic E-state index is 5.45. The van der Waals surface area contributed by atoms with Gasteiger partial charge in [-0.15, -0.1) is 0 Å². The maximum Gasteiger partial charge on any atom is 0.123 e. The zero-order valence-electron chi connectivity index (χ0n) is 12.3. The predicted molar refractivity (Wildman–Crippen MR) is 81.7 cm³/mol. The number of nitrogens with one attached hydrogen (secondary N) is 1. The quantitative estimate of drug-likeness (QED) is 0.750. The standard InChI is InChI=1S/C16H23N3O/c1-3-8-17-11-14-12-18-9-7-16(14)19(4-2)13-15-6-5-10-20-15/h5-7,9-10,12,17H,3-4,8,11,13H2,1-2H3. The van der Waals surface area contributed by atoms with Crippen molar-refractivity contribution in [3.8, 4) is 0 Å². The minimum absolute atomic E-state index is 0.786. The van der Waals surface area contributed by atoms with E-state index < -0.39 is 0 Å². The summed E-state index contributed by atoms with van der Waals surface area (Å²) in [7, 11) is 0. The van der Waals surface area contributed by atoms with Gasteiger partial charge in [0.1, 0.15) is 5.76 Å². The third-order valence-electron chi connectivity index (χ3n) is 3.27. The molecular formula is C16H23N3O. The monoisotopic (exact) mass is 273 g/mol. The van der Waals surface area contributed by atoms with Crippen molar-refractivity contribution >= 4 is 5.69 Å². The van der Waals surface area contributed by atoms with Gasteiger partial charge in [0, 0.05) is 36.7 Å². The van der Waals surface area contributed by atoms with Crippen molar-refractivity contribution in [2.45, 2.75) is 33.4 Å². The number of aromatic nitrogens is 1. The Morgan fingerprint density at radius 1 is 1.30 bits per heavy atom. The minimum Gasteiger partial charge on any atom is -0.467 e. The van der Waals surface area contributed by atoms with Crippen molar-refractivity contribution in [3.63, 3.8) is 0 Å². The molecule has 0 amide bonds. The van der Waals surface area contributed by atoms with E-state index in [-0.39, 0.29) is 0 Å². The lowest BCUT2D eigenvalue weighted by Crippen LogP contribution is -2.24. The highest BCUT2D eigenvalue weighted by molar-refractivity contribution is 5.52. The smallest absolute Gasteiger partial charge is 0.123 e. The zero-order chi connectivity index (χ0) is 14.2. The summed E-state index contributed by atoms with van der Waals surface area (Å²) in [6.07, 6.45) is 6.66. The molecule has 2 heterocycles. The van der Waals surface area contributed by atoms with Gasteiger partial charge in [-0.1, -0.05) is 6.92 Å². The van der Waals surface area contributed by atoms with Crippen LogP contribution in [0.3, 0.4) is 0 Å². The second-order valence-electron chi connectivity index (χ2n) is 4.77. The van der Waals surface area contributed by atoms with Crippen LogP contribution in [0.1, 0.15) is 31.6 Å². The Morgan fingerprint density at radius 2 is 2.20 bits per heavy atom. The zero-order valence-corrected chi connectivity index (χ0v) is 12.3. The first-order valence-corrected chi connectivity index (χ1v) is 7.26. The number of anilines is 1. The number of furan rings is 1. The van der Waals surface area contributed by atoms with E-state index in [2.05, 4.69) is 35.1 Å². The van der Waals surface area contributed by atoms with Gasteiger partial charge in [0.05, 0.1) is 12.8 Å². The van der Waals surface area contributed by atoms with E-state index in [1.165, 1.54) is 11.3 Å². The summed E-state index contributed by atoms with van der Waals surface area (Å²) in [5.74, 6) is 0.983. The van der Waals surface area contributed by atoms with Crippen LogP contribution in [0.5, 0.6) is 0 Å². The molecule has 2 aromatic heterocycles. The van der Waals surface area contributed by atoms with Crippen LogP contribution in [-0.2, 0) is 13.1 Å². The van der Waals surface area contributed by atoms with Crippen LogP contribution in [-0.4, -0.2) is 18.1 Å². The van der Waals surface area contributed by atoms with Crippen molar-refractivity contribution < 1.29 is 4.42 Å². The molecule has 0 spiro atoms. The summed E-state index contributed by atoms with van der Waals surface area (Å²) in [5.41, 5.74) is 2.46. The average Bonchev–Trinajstić information content (AvgIpc) is 2.99. The van der Waals surface area contributed by atoms with E-state index in [9.17, 15) is 0 Å². The molecule has 0 fully saturated rings. The van der Waals surface area contributed by atoms with Crippen LogP contribution in [0.25, 0.3) is 0 Å². The third kappa shape index (κ3) is 3.84. The van der Waals surface area contributed by atoms with Crippen LogP contribution in [0.2, 0.25) is 0 Å². The molecule has 0 saturated heterocycles. The van der Waals surface area contributed by atoms with Crippen LogP contribution in [0.15, 0.2) is 41.3 Å². The van der Waals surface area contributed by atoms with Gasteiger partial charge >= 0.3 is 0 Å². The number of hydrogen-bond acceptors (Lipinski definition) is 4. The fourth-order valence-electron chi connectivity index (χ4n) is 2.22. The molecule has 1 N–H and O–H groups in total. The molecule has 0 atom stereocenters. The fourth-order valence-corrected chi connectivity index (χ4v) is 2.22. The highest BCUT2D eigenvalue weighted by Crippen LogP contribution is 2.21. The van der Waals surface area contributed by atoms with Gasteiger partial charge in [0.2, 0.25) is 0 Å². The molecule has 2 rings (SSSR count). The van der Waals surface area contributed by atoms with Gasteiger partial charge in [-0.3, -0.25) is 4.98 Å². The molecule has 4 heteroatoms. The van der Waals surface area contributed by atoms with Gasteiger partial charge in [-0.25, -0.2) is 0 Å². The average molecular weight is 273 g/mol. The van der Waals surface area contributed by atoms with Crippen molar-refractivity contribution in [2.24, 2.45) is 0 Å². The van der Waals surface area contributed by atoms with Crippen LogP contribution >= 0.6 is 0 Å². The normalized spacial score (nSPS) is 10.7. The molecule has 4 nitrogen and oxygen atoms in total. The number of hydrogen-bond donors (Lipinski definition) is 1. The van der Waals surface area contributed by atoms with Gasteiger partial charge in [-0.2, -0.15) is 0 Å². The molecule has 0 radical (unpaired) electrons. The molecule has 0 aromatic carbocycles. The SMILES string of the molecule is CCCNCc1cnccc1N(CC)Cc1ccco1. The lowest BCUT2D eigenvalue weighted by Gasteiger charge is -2.24. The summed E-state index contributed by atoms with van der Waals surface area (Å²) in [5, 5.41) is 3.44. The Kier molecular flexibility index (Phi) is 5.62. The summed E-state index contributed by atoms with van der Waals surface area (Å²) in [4.78, 5) is 6.56. The van der Waals surface area contributed by atoms with Crippen molar-refractivity contribution in [3.05, 3.63) is 48.2 Å². The van der Waals surface area contributed by atoms with Gasteiger partial charge in [-0.05, 0) is 38.1 Å². The predicted octanol–water partition coefficient (Wildman–Crippen LogP) is 3.20.